The minimum absolute atomic E-state index is 0.120. The van der Waals surface area contributed by atoms with Crippen molar-refractivity contribution in [2.75, 3.05) is 18.2 Å². The van der Waals surface area contributed by atoms with Crippen molar-refractivity contribution in [1.29, 1.82) is 0 Å². The molecule has 6 nitrogen and oxygen atoms in total. The highest BCUT2D eigenvalue weighted by Crippen LogP contribution is 2.28. The van der Waals surface area contributed by atoms with E-state index in [0.29, 0.717) is 18.1 Å². The molecule has 0 amide bonds. The van der Waals surface area contributed by atoms with Crippen LogP contribution >= 0.6 is 0 Å². The molecule has 1 aromatic carbocycles. The molecule has 1 aromatic heterocycles. The van der Waals surface area contributed by atoms with Crippen LogP contribution in [0.3, 0.4) is 0 Å². The molecule has 0 aliphatic carbocycles. The molecule has 0 spiro atoms. The minimum Gasteiger partial charge on any atom is -0.494 e. The Labute approximate surface area is 96.6 Å². The molecule has 3 N–H and O–H groups in total. The lowest BCUT2D eigenvalue weighted by Crippen LogP contribution is -2.05. The molecule has 0 aliphatic rings. The summed E-state index contributed by atoms with van der Waals surface area (Å²) in [6.45, 7) is 0.329. The van der Waals surface area contributed by atoms with Crippen LogP contribution in [0.2, 0.25) is 0 Å². The molecule has 17 heavy (non-hydrogen) atoms. The molecule has 0 fully saturated rings. The summed E-state index contributed by atoms with van der Waals surface area (Å²) < 4.78 is 22.7. The van der Waals surface area contributed by atoms with Crippen molar-refractivity contribution in [2.24, 2.45) is 0 Å². The summed E-state index contributed by atoms with van der Waals surface area (Å²) in [7, 11) is 1.39. The number of anilines is 2. The Hall–Kier alpha value is -2.31. The number of nitrogens with two attached hydrogens (primary N) is 1. The minimum atomic E-state index is -0.505. The van der Waals surface area contributed by atoms with Gasteiger partial charge in [0.2, 0.25) is 6.39 Å². The van der Waals surface area contributed by atoms with Gasteiger partial charge in [0.05, 0.1) is 25.0 Å². The predicted octanol–water partition coefficient (Wildman–Crippen LogP) is 1.41. The van der Waals surface area contributed by atoms with Crippen LogP contribution in [-0.2, 0) is 6.54 Å². The molecule has 2 aromatic rings. The third kappa shape index (κ3) is 2.44. The second kappa shape index (κ2) is 4.69. The van der Waals surface area contributed by atoms with Gasteiger partial charge in [-0.1, -0.05) is 5.16 Å². The molecule has 0 unspecified atom stereocenters. The fourth-order valence-corrected chi connectivity index (χ4v) is 1.32. The monoisotopic (exact) mass is 238 g/mol. The zero-order valence-corrected chi connectivity index (χ0v) is 9.11. The lowest BCUT2D eigenvalue weighted by Gasteiger charge is -2.10. The number of ether oxygens (including phenoxy) is 1. The lowest BCUT2D eigenvalue weighted by molar-refractivity contribution is 0.387. The summed E-state index contributed by atoms with van der Waals surface area (Å²) in [4.78, 5) is 3.83. The molecule has 0 atom stereocenters. The van der Waals surface area contributed by atoms with Crippen molar-refractivity contribution in [3.8, 4) is 5.75 Å². The number of nitrogens with one attached hydrogen (secondary N) is 1. The zero-order chi connectivity index (χ0) is 12.3. The maximum Gasteiger partial charge on any atom is 0.213 e. The smallest absolute Gasteiger partial charge is 0.213 e. The van der Waals surface area contributed by atoms with Gasteiger partial charge < -0.3 is 20.3 Å². The van der Waals surface area contributed by atoms with Crippen LogP contribution in [-0.4, -0.2) is 17.3 Å². The molecule has 0 radical (unpaired) electrons. The van der Waals surface area contributed by atoms with Gasteiger partial charge in [-0.05, 0) is 0 Å². The summed E-state index contributed by atoms with van der Waals surface area (Å²) >= 11 is 0. The number of hydrogen-bond acceptors (Lipinski definition) is 6. The van der Waals surface area contributed by atoms with E-state index in [1.54, 1.807) is 0 Å². The quantitative estimate of drug-likeness (QED) is 0.783. The lowest BCUT2D eigenvalue weighted by atomic mass is 10.2. The van der Waals surface area contributed by atoms with Gasteiger partial charge in [-0.15, -0.1) is 0 Å². The average Bonchev–Trinajstić information content (AvgIpc) is 2.81. The fourth-order valence-electron chi connectivity index (χ4n) is 1.32. The van der Waals surface area contributed by atoms with E-state index in [0.717, 1.165) is 0 Å². The molecule has 2 rings (SSSR count). The summed E-state index contributed by atoms with van der Waals surface area (Å²) in [5.41, 5.74) is 6.50. The SMILES string of the molecule is COc1cc(NCc2ncon2)c(N)cc1F. The normalized spacial score (nSPS) is 10.2. The van der Waals surface area contributed by atoms with E-state index in [4.69, 9.17) is 10.5 Å². The molecule has 0 aliphatic heterocycles. The van der Waals surface area contributed by atoms with Gasteiger partial charge in [-0.3, -0.25) is 0 Å². The number of halogens is 1. The topological polar surface area (TPSA) is 86.2 Å². The van der Waals surface area contributed by atoms with Gasteiger partial charge in [0.25, 0.3) is 0 Å². The molecule has 90 valence electrons. The number of rotatable bonds is 4. The van der Waals surface area contributed by atoms with Crippen molar-refractivity contribution in [3.05, 3.63) is 30.2 Å². The Bertz CT molecular complexity index is 501. The van der Waals surface area contributed by atoms with E-state index >= 15 is 0 Å². The van der Waals surface area contributed by atoms with Gasteiger partial charge in [0, 0.05) is 12.1 Å². The third-order valence-electron chi connectivity index (χ3n) is 2.17. The number of nitrogens with zero attached hydrogens (tertiary/aromatic N) is 2. The average molecular weight is 238 g/mol. The van der Waals surface area contributed by atoms with Gasteiger partial charge in [-0.25, -0.2) is 4.39 Å². The fraction of sp³-hybridized carbons (Fsp3) is 0.200. The van der Waals surface area contributed by atoms with E-state index in [2.05, 4.69) is 20.0 Å². The standard InChI is InChI=1S/C10H11FN4O2/c1-16-9-3-8(7(12)2-6(9)11)13-4-10-14-5-17-15-10/h2-3,5,13H,4,12H2,1H3. The third-order valence-corrected chi connectivity index (χ3v) is 2.17. The van der Waals surface area contributed by atoms with Crippen molar-refractivity contribution >= 4 is 11.4 Å². The van der Waals surface area contributed by atoms with Crippen LogP contribution in [0.5, 0.6) is 5.75 Å². The molecule has 0 saturated carbocycles. The van der Waals surface area contributed by atoms with E-state index in [-0.39, 0.29) is 11.4 Å². The number of benzene rings is 1. The summed E-state index contributed by atoms with van der Waals surface area (Å²) in [5, 5.41) is 6.59. The van der Waals surface area contributed by atoms with E-state index < -0.39 is 5.82 Å². The van der Waals surface area contributed by atoms with Crippen molar-refractivity contribution in [2.45, 2.75) is 6.54 Å². The Morgan fingerprint density at radius 3 is 3.00 bits per heavy atom. The zero-order valence-electron chi connectivity index (χ0n) is 9.11. The molecule has 7 heteroatoms. The van der Waals surface area contributed by atoms with E-state index in [9.17, 15) is 4.39 Å². The maximum atomic E-state index is 13.3. The molecular weight excluding hydrogens is 227 g/mol. The first kappa shape index (κ1) is 11.2. The Kier molecular flexibility index (Phi) is 3.08. The summed E-state index contributed by atoms with van der Waals surface area (Å²) in [5.74, 6) is 0.0950. The second-order valence-corrected chi connectivity index (χ2v) is 3.27. The first-order valence-corrected chi connectivity index (χ1v) is 4.83. The van der Waals surface area contributed by atoms with Gasteiger partial charge in [0.15, 0.2) is 17.4 Å². The largest absolute Gasteiger partial charge is 0.494 e. The Morgan fingerprint density at radius 1 is 1.53 bits per heavy atom. The van der Waals surface area contributed by atoms with Gasteiger partial charge in [0.1, 0.15) is 0 Å². The molecule has 1 heterocycles. The van der Waals surface area contributed by atoms with Crippen LogP contribution in [0.4, 0.5) is 15.8 Å². The highest BCUT2D eigenvalue weighted by atomic mass is 19.1. The number of nitrogen functional groups attached to an aromatic ring is 1. The number of hydrogen-bond donors (Lipinski definition) is 2. The first-order valence-electron chi connectivity index (χ1n) is 4.83. The summed E-state index contributed by atoms with van der Waals surface area (Å²) in [6.07, 6.45) is 1.23. The number of aromatic nitrogens is 2. The van der Waals surface area contributed by atoms with Crippen molar-refractivity contribution in [3.63, 3.8) is 0 Å². The van der Waals surface area contributed by atoms with Crippen LogP contribution in [0.1, 0.15) is 5.82 Å². The predicted molar refractivity (Wildman–Crippen MR) is 59.0 cm³/mol. The Morgan fingerprint density at radius 2 is 2.35 bits per heavy atom. The van der Waals surface area contributed by atoms with Crippen molar-refractivity contribution < 1.29 is 13.7 Å². The van der Waals surface area contributed by atoms with E-state index in [1.165, 1.54) is 25.6 Å². The molecular formula is C10H11FN4O2. The molecule has 0 bridgehead atoms. The summed E-state index contributed by atoms with van der Waals surface area (Å²) in [6, 6.07) is 2.67. The molecule has 0 saturated heterocycles. The van der Waals surface area contributed by atoms with E-state index in [1.807, 2.05) is 0 Å². The maximum absolute atomic E-state index is 13.3. The van der Waals surface area contributed by atoms with Crippen LogP contribution in [0, 0.1) is 5.82 Å². The first-order chi connectivity index (χ1) is 8.20. The van der Waals surface area contributed by atoms with Gasteiger partial charge >= 0.3 is 0 Å². The van der Waals surface area contributed by atoms with Crippen molar-refractivity contribution in [1.82, 2.24) is 10.1 Å². The highest BCUT2D eigenvalue weighted by molar-refractivity contribution is 5.68. The van der Waals surface area contributed by atoms with Crippen LogP contribution in [0.25, 0.3) is 0 Å². The highest BCUT2D eigenvalue weighted by Gasteiger charge is 2.08. The number of methoxy groups -OCH3 is 1. The second-order valence-electron chi connectivity index (χ2n) is 3.27. The Balaban J connectivity index is 2.15. The van der Waals surface area contributed by atoms with Gasteiger partial charge in [-0.2, -0.15) is 4.98 Å². The van der Waals surface area contributed by atoms with Crippen LogP contribution < -0.4 is 15.8 Å². The van der Waals surface area contributed by atoms with Crippen LogP contribution in [0.15, 0.2) is 23.0 Å².